The number of nitrogens with one attached hydrogen (secondary N) is 2. The topological polar surface area (TPSA) is 99.5 Å². The average Bonchev–Trinajstić information content (AvgIpc) is 3.43. The van der Waals surface area contributed by atoms with Gasteiger partial charge in [0.15, 0.2) is 11.5 Å². The fourth-order valence-corrected chi connectivity index (χ4v) is 6.76. The van der Waals surface area contributed by atoms with Crippen molar-refractivity contribution in [2.45, 2.75) is 51.9 Å². The molecule has 46 heavy (non-hydrogen) atoms. The van der Waals surface area contributed by atoms with E-state index in [9.17, 15) is 4.79 Å². The zero-order valence-corrected chi connectivity index (χ0v) is 29.7. The number of rotatable bonds is 13. The summed E-state index contributed by atoms with van der Waals surface area (Å²) in [5.74, 6) is 2.63. The molecule has 1 aliphatic rings. The molecule has 0 aliphatic carbocycles. The summed E-state index contributed by atoms with van der Waals surface area (Å²) in [6, 6.07) is 15.8. The SMILES string of the molecule is CCCSc1nc2n(n1)C(c1cc(Br)c(OCc3c(Cl)cccc3Cl)c(OCC)c1)C(C(=O)Nc1ccccc1OCC)=C(C)N2. The van der Waals surface area contributed by atoms with Crippen LogP contribution in [0.1, 0.15) is 51.3 Å². The summed E-state index contributed by atoms with van der Waals surface area (Å²) in [6.07, 6.45) is 0.973. The van der Waals surface area contributed by atoms with Gasteiger partial charge in [0, 0.05) is 27.1 Å². The summed E-state index contributed by atoms with van der Waals surface area (Å²) in [5, 5.41) is 12.8. The molecule has 0 saturated carbocycles. The Bertz CT molecular complexity index is 1750. The molecule has 1 aliphatic heterocycles. The van der Waals surface area contributed by atoms with Gasteiger partial charge in [-0.25, -0.2) is 4.68 Å². The molecule has 1 atom stereocenters. The van der Waals surface area contributed by atoms with Crippen molar-refractivity contribution in [2.75, 3.05) is 29.6 Å². The first-order valence-corrected chi connectivity index (χ1v) is 17.4. The Morgan fingerprint density at radius 3 is 2.46 bits per heavy atom. The van der Waals surface area contributed by atoms with E-state index in [2.05, 4.69) is 33.5 Å². The Kier molecular flexibility index (Phi) is 11.4. The largest absolute Gasteiger partial charge is 0.492 e. The third-order valence-corrected chi connectivity index (χ3v) is 9.36. The molecule has 5 rings (SSSR count). The van der Waals surface area contributed by atoms with Crippen molar-refractivity contribution in [3.8, 4) is 17.2 Å². The minimum absolute atomic E-state index is 0.126. The summed E-state index contributed by atoms with van der Waals surface area (Å²) < 4.78 is 20.5. The highest BCUT2D eigenvalue weighted by Gasteiger charge is 2.36. The lowest BCUT2D eigenvalue weighted by atomic mass is 9.94. The van der Waals surface area contributed by atoms with Crippen molar-refractivity contribution < 1.29 is 19.0 Å². The van der Waals surface area contributed by atoms with Crippen LogP contribution < -0.4 is 24.8 Å². The minimum atomic E-state index is -0.651. The highest BCUT2D eigenvalue weighted by molar-refractivity contribution is 9.10. The fraction of sp³-hybridized carbons (Fsp3) is 0.303. The van der Waals surface area contributed by atoms with Gasteiger partial charge in [-0.3, -0.25) is 4.79 Å². The molecule has 1 amide bonds. The van der Waals surface area contributed by atoms with Gasteiger partial charge in [-0.2, -0.15) is 4.98 Å². The molecular weight excluding hydrogens is 713 g/mol. The molecule has 4 aromatic rings. The van der Waals surface area contributed by atoms with E-state index in [0.717, 1.165) is 17.7 Å². The van der Waals surface area contributed by atoms with Gasteiger partial charge in [0.25, 0.3) is 5.91 Å². The predicted octanol–water partition coefficient (Wildman–Crippen LogP) is 9.15. The number of aromatic nitrogens is 3. The standard InChI is InChI=1S/C33H34BrCl2N5O4S/c1-5-15-46-33-39-32-37-19(4)28(31(42)38-25-13-8-9-14-26(25)43-6-2)29(41(32)40-33)20-16-22(34)30(27(17-20)44-7-3)45-18-21-23(35)11-10-12-24(21)36/h8-14,16-17,29H,5-7,15,18H2,1-4H3,(H,38,42)(H,37,39,40). The third kappa shape index (κ3) is 7.43. The first kappa shape index (κ1) is 34.0. The second-order valence-electron chi connectivity index (χ2n) is 10.2. The lowest BCUT2D eigenvalue weighted by Gasteiger charge is -2.29. The van der Waals surface area contributed by atoms with Gasteiger partial charge in [0.1, 0.15) is 18.4 Å². The molecule has 1 aromatic heterocycles. The molecule has 0 fully saturated rings. The second kappa shape index (κ2) is 15.5. The number of fused-ring (bicyclic) bond motifs is 1. The van der Waals surface area contributed by atoms with Crippen LogP contribution in [0.15, 0.2) is 75.5 Å². The first-order chi connectivity index (χ1) is 22.2. The minimum Gasteiger partial charge on any atom is -0.492 e. The molecule has 242 valence electrons. The van der Waals surface area contributed by atoms with Crippen molar-refractivity contribution in [3.63, 3.8) is 0 Å². The van der Waals surface area contributed by atoms with Crippen molar-refractivity contribution in [3.05, 3.63) is 91.5 Å². The number of nitrogens with zero attached hydrogens (tertiary/aromatic N) is 3. The van der Waals surface area contributed by atoms with E-state index in [0.29, 0.717) is 78.6 Å². The molecule has 0 bridgehead atoms. The van der Waals surface area contributed by atoms with Crippen LogP contribution in [0, 0.1) is 0 Å². The molecule has 1 unspecified atom stereocenters. The van der Waals surface area contributed by atoms with Crippen LogP contribution >= 0.6 is 50.9 Å². The molecule has 13 heteroatoms. The number of anilines is 2. The molecule has 2 N–H and O–H groups in total. The summed E-state index contributed by atoms with van der Waals surface area (Å²) in [5.41, 5.74) is 3.07. The Hall–Kier alpha value is -3.38. The van der Waals surface area contributed by atoms with Crippen LogP contribution in [0.5, 0.6) is 17.2 Å². The van der Waals surface area contributed by atoms with Crippen molar-refractivity contribution >= 4 is 68.4 Å². The fourth-order valence-electron chi connectivity index (χ4n) is 4.99. The Morgan fingerprint density at radius 1 is 1.02 bits per heavy atom. The van der Waals surface area contributed by atoms with Gasteiger partial charge in [-0.1, -0.05) is 60.1 Å². The Morgan fingerprint density at radius 2 is 1.74 bits per heavy atom. The van der Waals surface area contributed by atoms with Crippen LogP contribution in [-0.4, -0.2) is 39.6 Å². The van der Waals surface area contributed by atoms with Gasteiger partial charge in [-0.15, -0.1) is 5.10 Å². The number of benzene rings is 3. The number of carbonyl (C=O) groups is 1. The van der Waals surface area contributed by atoms with Gasteiger partial charge < -0.3 is 24.8 Å². The average molecular weight is 748 g/mol. The zero-order valence-electron chi connectivity index (χ0n) is 25.8. The monoisotopic (exact) mass is 745 g/mol. The van der Waals surface area contributed by atoms with Gasteiger partial charge in [-0.05, 0) is 85.1 Å². The molecule has 9 nitrogen and oxygen atoms in total. The number of para-hydroxylation sites is 2. The van der Waals surface area contributed by atoms with Crippen LogP contribution in [-0.2, 0) is 11.4 Å². The highest BCUT2D eigenvalue weighted by Crippen LogP contribution is 2.44. The number of amides is 1. The maximum absolute atomic E-state index is 14.2. The molecule has 3 aromatic carbocycles. The normalized spacial score (nSPS) is 14.0. The van der Waals surface area contributed by atoms with Gasteiger partial charge in [0.2, 0.25) is 11.1 Å². The summed E-state index contributed by atoms with van der Waals surface area (Å²) in [6.45, 7) is 8.73. The van der Waals surface area contributed by atoms with Gasteiger partial charge in [0.05, 0.1) is 28.9 Å². The molecule has 0 radical (unpaired) electrons. The quantitative estimate of drug-likeness (QED) is 0.131. The van der Waals surface area contributed by atoms with E-state index < -0.39 is 6.04 Å². The van der Waals surface area contributed by atoms with Crippen LogP contribution in [0.2, 0.25) is 10.0 Å². The first-order valence-electron chi connectivity index (χ1n) is 14.9. The van der Waals surface area contributed by atoms with E-state index in [4.69, 9.17) is 47.5 Å². The van der Waals surface area contributed by atoms with E-state index in [1.807, 2.05) is 57.2 Å². The summed E-state index contributed by atoms with van der Waals surface area (Å²) in [4.78, 5) is 18.9. The van der Waals surface area contributed by atoms with Crippen molar-refractivity contribution in [1.29, 1.82) is 0 Å². The summed E-state index contributed by atoms with van der Waals surface area (Å²) >= 11 is 18.1. The van der Waals surface area contributed by atoms with E-state index in [1.165, 1.54) is 0 Å². The van der Waals surface area contributed by atoms with E-state index in [1.54, 1.807) is 34.6 Å². The maximum Gasteiger partial charge on any atom is 0.255 e. The van der Waals surface area contributed by atoms with Crippen molar-refractivity contribution in [1.82, 2.24) is 14.8 Å². The highest BCUT2D eigenvalue weighted by atomic mass is 79.9. The number of carbonyl (C=O) groups excluding carboxylic acids is 1. The maximum atomic E-state index is 14.2. The Labute approximate surface area is 291 Å². The second-order valence-corrected chi connectivity index (χ2v) is 12.9. The van der Waals surface area contributed by atoms with E-state index in [-0.39, 0.29) is 12.5 Å². The molecule has 2 heterocycles. The summed E-state index contributed by atoms with van der Waals surface area (Å²) in [7, 11) is 0. The van der Waals surface area contributed by atoms with Gasteiger partial charge >= 0.3 is 0 Å². The number of hydrogen-bond donors (Lipinski definition) is 2. The Balaban J connectivity index is 1.58. The van der Waals surface area contributed by atoms with Crippen molar-refractivity contribution in [2.24, 2.45) is 0 Å². The predicted molar refractivity (Wildman–Crippen MR) is 188 cm³/mol. The number of ether oxygens (including phenoxy) is 3. The smallest absolute Gasteiger partial charge is 0.255 e. The zero-order chi connectivity index (χ0) is 32.8. The van der Waals surface area contributed by atoms with E-state index >= 15 is 0 Å². The van der Waals surface area contributed by atoms with Crippen LogP contribution in [0.25, 0.3) is 0 Å². The number of thioether (sulfide) groups is 1. The lowest BCUT2D eigenvalue weighted by molar-refractivity contribution is -0.113. The van der Waals surface area contributed by atoms with Crippen LogP contribution in [0.3, 0.4) is 0 Å². The van der Waals surface area contributed by atoms with Crippen LogP contribution in [0.4, 0.5) is 11.6 Å². The number of halogens is 3. The number of hydrogen-bond acceptors (Lipinski definition) is 8. The number of allylic oxidation sites excluding steroid dienone is 1. The lowest BCUT2D eigenvalue weighted by Crippen LogP contribution is -2.31. The third-order valence-electron chi connectivity index (χ3n) is 7.02. The molecule has 0 spiro atoms. The molecule has 0 saturated heterocycles. The molecular formula is C33H34BrCl2N5O4S.